The second-order valence-electron chi connectivity index (χ2n) is 7.29. The average molecular weight is 309 g/mol. The predicted octanol–water partition coefficient (Wildman–Crippen LogP) is 5.21. The van der Waals surface area contributed by atoms with Crippen molar-refractivity contribution < 1.29 is 9.90 Å². The van der Waals surface area contributed by atoms with Crippen molar-refractivity contribution in [1.82, 2.24) is 4.98 Å². The molecule has 118 valence electrons. The fourth-order valence-electron chi connectivity index (χ4n) is 3.27. The van der Waals surface area contributed by atoms with Gasteiger partial charge in [0.2, 0.25) is 0 Å². The summed E-state index contributed by atoms with van der Waals surface area (Å²) >= 11 is 1.40. The maximum Gasteiger partial charge on any atom is 0.347 e. The van der Waals surface area contributed by atoms with Crippen molar-refractivity contribution >= 4 is 17.3 Å². The second kappa shape index (κ2) is 6.47. The van der Waals surface area contributed by atoms with Gasteiger partial charge in [-0.2, -0.15) is 0 Å². The molecule has 3 nitrogen and oxygen atoms in total. The highest BCUT2D eigenvalue weighted by molar-refractivity contribution is 7.13. The summed E-state index contributed by atoms with van der Waals surface area (Å²) in [7, 11) is 0. The van der Waals surface area contributed by atoms with Crippen LogP contribution in [0.4, 0.5) is 0 Å². The molecule has 1 N–H and O–H groups in total. The Kier molecular flexibility index (Phi) is 5.07. The summed E-state index contributed by atoms with van der Waals surface area (Å²) in [5.74, 6) is 0.507. The molecule has 0 atom stereocenters. The highest BCUT2D eigenvalue weighted by Crippen LogP contribution is 2.41. The summed E-state index contributed by atoms with van der Waals surface area (Å²) in [5, 5.41) is 10.5. The van der Waals surface area contributed by atoms with E-state index in [1.807, 2.05) is 20.8 Å². The van der Waals surface area contributed by atoms with Crippen LogP contribution in [0.3, 0.4) is 0 Å². The van der Waals surface area contributed by atoms with Gasteiger partial charge in [0.05, 0.1) is 10.7 Å². The molecule has 1 aliphatic carbocycles. The molecular weight excluding hydrogens is 282 g/mol. The number of thiazole rings is 1. The number of aromatic nitrogens is 1. The van der Waals surface area contributed by atoms with Crippen LogP contribution in [0.2, 0.25) is 0 Å². The Hall–Kier alpha value is -0.900. The van der Waals surface area contributed by atoms with E-state index in [1.54, 1.807) is 0 Å². The van der Waals surface area contributed by atoms with Gasteiger partial charge in [0, 0.05) is 11.3 Å². The van der Waals surface area contributed by atoms with Crippen molar-refractivity contribution in [1.29, 1.82) is 0 Å². The Balaban J connectivity index is 2.17. The smallest absolute Gasteiger partial charge is 0.347 e. The van der Waals surface area contributed by atoms with Crippen LogP contribution in [-0.4, -0.2) is 16.1 Å². The molecule has 0 aromatic carbocycles. The lowest BCUT2D eigenvalue weighted by molar-refractivity contribution is 0.0699. The summed E-state index contributed by atoms with van der Waals surface area (Å²) in [6, 6.07) is 0. The number of aromatic carboxylic acids is 1. The third kappa shape index (κ3) is 3.85. The zero-order valence-corrected chi connectivity index (χ0v) is 14.4. The van der Waals surface area contributed by atoms with Crippen LogP contribution < -0.4 is 0 Å². The fraction of sp³-hybridized carbons (Fsp3) is 0.765. The summed E-state index contributed by atoms with van der Waals surface area (Å²) in [6.07, 6.45) is 7.47. The van der Waals surface area contributed by atoms with Crippen molar-refractivity contribution in [3.05, 3.63) is 15.6 Å². The van der Waals surface area contributed by atoms with Gasteiger partial charge in [0.25, 0.3) is 0 Å². The van der Waals surface area contributed by atoms with Crippen LogP contribution in [0.1, 0.15) is 92.5 Å². The van der Waals surface area contributed by atoms with Gasteiger partial charge in [0.15, 0.2) is 0 Å². The standard InChI is InChI=1S/C17H27NO2S/c1-5-6-11-7-9-12(10-8-11)15-18-14(17(2,3)4)13(21-15)16(19)20/h11-12H,5-10H2,1-4H3,(H,19,20). The summed E-state index contributed by atoms with van der Waals surface area (Å²) in [5.41, 5.74) is 0.549. The molecule has 1 saturated carbocycles. The molecule has 0 radical (unpaired) electrons. The van der Waals surface area contributed by atoms with Gasteiger partial charge in [-0.25, -0.2) is 9.78 Å². The number of carboxylic acids is 1. The van der Waals surface area contributed by atoms with Crippen LogP contribution in [0.5, 0.6) is 0 Å². The van der Waals surface area contributed by atoms with E-state index in [4.69, 9.17) is 4.98 Å². The van der Waals surface area contributed by atoms with E-state index in [1.165, 1.54) is 49.9 Å². The molecular formula is C17H27NO2S. The Bertz CT molecular complexity index is 493. The van der Waals surface area contributed by atoms with Gasteiger partial charge in [-0.3, -0.25) is 0 Å². The number of carbonyl (C=O) groups is 1. The van der Waals surface area contributed by atoms with E-state index in [2.05, 4.69) is 6.92 Å². The van der Waals surface area contributed by atoms with Gasteiger partial charge in [-0.05, 0) is 31.6 Å². The lowest BCUT2D eigenvalue weighted by Crippen LogP contribution is -2.17. The maximum absolute atomic E-state index is 11.5. The molecule has 2 rings (SSSR count). The number of hydrogen-bond donors (Lipinski definition) is 1. The molecule has 1 fully saturated rings. The van der Waals surface area contributed by atoms with E-state index in [0.29, 0.717) is 10.8 Å². The molecule has 21 heavy (non-hydrogen) atoms. The largest absolute Gasteiger partial charge is 0.477 e. The van der Waals surface area contributed by atoms with Gasteiger partial charge < -0.3 is 5.11 Å². The lowest BCUT2D eigenvalue weighted by atomic mass is 9.80. The maximum atomic E-state index is 11.5. The van der Waals surface area contributed by atoms with Crippen LogP contribution >= 0.6 is 11.3 Å². The molecule has 1 heterocycles. The van der Waals surface area contributed by atoms with Crippen molar-refractivity contribution in [3.8, 4) is 0 Å². The molecule has 0 unspecified atom stereocenters. The van der Waals surface area contributed by atoms with E-state index >= 15 is 0 Å². The first-order valence-corrected chi connectivity index (χ1v) is 8.89. The highest BCUT2D eigenvalue weighted by Gasteiger charge is 2.30. The zero-order valence-electron chi connectivity index (χ0n) is 13.6. The Morgan fingerprint density at radius 3 is 2.33 bits per heavy atom. The minimum atomic E-state index is -0.830. The molecule has 0 aliphatic heterocycles. The van der Waals surface area contributed by atoms with Crippen molar-refractivity contribution in [2.45, 2.75) is 77.6 Å². The van der Waals surface area contributed by atoms with Crippen LogP contribution in [0.25, 0.3) is 0 Å². The van der Waals surface area contributed by atoms with Crippen LogP contribution in [0, 0.1) is 5.92 Å². The first-order valence-electron chi connectivity index (χ1n) is 8.07. The van der Waals surface area contributed by atoms with Gasteiger partial charge in [0.1, 0.15) is 4.88 Å². The Labute approximate surface area is 131 Å². The van der Waals surface area contributed by atoms with E-state index < -0.39 is 5.97 Å². The Morgan fingerprint density at radius 1 is 1.29 bits per heavy atom. The monoisotopic (exact) mass is 309 g/mol. The van der Waals surface area contributed by atoms with Crippen molar-refractivity contribution in [2.24, 2.45) is 5.92 Å². The fourth-order valence-corrected chi connectivity index (χ4v) is 4.56. The quantitative estimate of drug-likeness (QED) is 0.830. The second-order valence-corrected chi connectivity index (χ2v) is 8.32. The Morgan fingerprint density at radius 2 is 1.90 bits per heavy atom. The molecule has 1 aromatic heterocycles. The highest BCUT2D eigenvalue weighted by atomic mass is 32.1. The lowest BCUT2D eigenvalue weighted by Gasteiger charge is -2.27. The average Bonchev–Trinajstić information content (AvgIpc) is 2.85. The normalized spacial score (nSPS) is 23.2. The number of rotatable bonds is 4. The number of hydrogen-bond acceptors (Lipinski definition) is 3. The van der Waals surface area contributed by atoms with E-state index in [-0.39, 0.29) is 5.41 Å². The minimum absolute atomic E-state index is 0.206. The first kappa shape index (κ1) is 16.5. The molecule has 0 amide bonds. The first-order chi connectivity index (χ1) is 9.82. The SMILES string of the molecule is CCCC1CCC(c2nc(C(C)(C)C)c(C(=O)O)s2)CC1. The minimum Gasteiger partial charge on any atom is -0.477 e. The van der Waals surface area contributed by atoms with Gasteiger partial charge in [-0.15, -0.1) is 11.3 Å². The molecule has 1 aromatic rings. The molecule has 4 heteroatoms. The van der Waals surface area contributed by atoms with Crippen LogP contribution in [0.15, 0.2) is 0 Å². The summed E-state index contributed by atoms with van der Waals surface area (Å²) < 4.78 is 0. The van der Waals surface area contributed by atoms with Gasteiger partial charge in [-0.1, -0.05) is 40.5 Å². The number of nitrogens with zero attached hydrogens (tertiary/aromatic N) is 1. The third-order valence-corrected chi connectivity index (χ3v) is 5.65. The van der Waals surface area contributed by atoms with E-state index in [9.17, 15) is 9.90 Å². The summed E-state index contributed by atoms with van der Waals surface area (Å²) in [6.45, 7) is 8.37. The van der Waals surface area contributed by atoms with Gasteiger partial charge >= 0.3 is 5.97 Å². The third-order valence-electron chi connectivity index (χ3n) is 4.44. The van der Waals surface area contributed by atoms with Crippen LogP contribution in [-0.2, 0) is 5.41 Å². The summed E-state index contributed by atoms with van der Waals surface area (Å²) in [4.78, 5) is 16.6. The topological polar surface area (TPSA) is 50.2 Å². The molecule has 0 bridgehead atoms. The number of carboxylic acid groups (broad SMARTS) is 1. The molecule has 0 saturated heterocycles. The van der Waals surface area contributed by atoms with Crippen molar-refractivity contribution in [2.75, 3.05) is 0 Å². The molecule has 1 aliphatic rings. The zero-order chi connectivity index (χ0) is 15.6. The van der Waals surface area contributed by atoms with Crippen molar-refractivity contribution in [3.63, 3.8) is 0 Å². The molecule has 0 spiro atoms. The predicted molar refractivity (Wildman–Crippen MR) is 87.4 cm³/mol. The van der Waals surface area contributed by atoms with E-state index in [0.717, 1.165) is 16.6 Å².